The molecule has 1 saturated heterocycles. The summed E-state index contributed by atoms with van der Waals surface area (Å²) in [7, 11) is 0. The van der Waals surface area contributed by atoms with Crippen molar-refractivity contribution in [2.45, 2.75) is 32.9 Å². The Kier molecular flexibility index (Phi) is 5.43. The molecule has 1 atom stereocenters. The smallest absolute Gasteiger partial charge is 0.213 e. The van der Waals surface area contributed by atoms with E-state index < -0.39 is 0 Å². The summed E-state index contributed by atoms with van der Waals surface area (Å²) in [4.78, 5) is 17.7. The van der Waals surface area contributed by atoms with Crippen LogP contribution in [0, 0.1) is 13.8 Å². The third kappa shape index (κ3) is 4.26. The van der Waals surface area contributed by atoms with E-state index in [1.807, 2.05) is 38.1 Å². The van der Waals surface area contributed by atoms with Crippen LogP contribution in [0.2, 0.25) is 0 Å². The molecule has 1 aliphatic heterocycles. The SMILES string of the molecule is Cc1nc(-c2ccncc2)nc(NCc2ccnc(OC3CCOC3)c2)c1C. The molecule has 1 unspecified atom stereocenters. The summed E-state index contributed by atoms with van der Waals surface area (Å²) in [6.07, 6.45) is 6.25. The van der Waals surface area contributed by atoms with Gasteiger partial charge in [-0.3, -0.25) is 4.98 Å². The molecule has 4 rings (SSSR count). The number of nitrogens with one attached hydrogen (secondary N) is 1. The Labute approximate surface area is 164 Å². The minimum Gasteiger partial charge on any atom is -0.472 e. The number of nitrogens with zero attached hydrogens (tertiary/aromatic N) is 4. The van der Waals surface area contributed by atoms with E-state index in [1.165, 1.54) is 0 Å². The molecule has 7 heteroatoms. The number of anilines is 1. The molecule has 1 N–H and O–H groups in total. The van der Waals surface area contributed by atoms with Gasteiger partial charge in [-0.2, -0.15) is 0 Å². The molecule has 3 aromatic heterocycles. The van der Waals surface area contributed by atoms with Crippen LogP contribution >= 0.6 is 0 Å². The number of ether oxygens (including phenoxy) is 2. The summed E-state index contributed by atoms with van der Waals surface area (Å²) < 4.78 is 11.2. The number of rotatable bonds is 6. The molecule has 0 radical (unpaired) electrons. The number of pyridine rings is 2. The van der Waals surface area contributed by atoms with Crippen molar-refractivity contribution in [1.29, 1.82) is 0 Å². The highest BCUT2D eigenvalue weighted by Crippen LogP contribution is 2.22. The van der Waals surface area contributed by atoms with Gasteiger partial charge < -0.3 is 14.8 Å². The molecule has 0 spiro atoms. The van der Waals surface area contributed by atoms with Gasteiger partial charge in [-0.1, -0.05) is 0 Å². The van der Waals surface area contributed by atoms with Gasteiger partial charge in [0.1, 0.15) is 11.9 Å². The van der Waals surface area contributed by atoms with Gasteiger partial charge in [-0.05, 0) is 37.6 Å². The lowest BCUT2D eigenvalue weighted by molar-refractivity contribution is 0.138. The van der Waals surface area contributed by atoms with Crippen LogP contribution in [0.1, 0.15) is 23.2 Å². The lowest BCUT2D eigenvalue weighted by Gasteiger charge is -2.14. The van der Waals surface area contributed by atoms with E-state index in [0.29, 0.717) is 24.9 Å². The van der Waals surface area contributed by atoms with Crippen molar-refractivity contribution >= 4 is 5.82 Å². The molecular weight excluding hydrogens is 354 g/mol. The third-order valence-corrected chi connectivity index (χ3v) is 4.76. The Hall–Kier alpha value is -3.06. The van der Waals surface area contributed by atoms with Gasteiger partial charge >= 0.3 is 0 Å². The van der Waals surface area contributed by atoms with Crippen LogP contribution in [0.15, 0.2) is 42.9 Å². The zero-order valence-corrected chi connectivity index (χ0v) is 16.1. The second kappa shape index (κ2) is 8.31. The quantitative estimate of drug-likeness (QED) is 0.705. The predicted octanol–water partition coefficient (Wildman–Crippen LogP) is 3.33. The molecule has 3 aromatic rings. The molecular formula is C21H23N5O2. The summed E-state index contributed by atoms with van der Waals surface area (Å²) >= 11 is 0. The fourth-order valence-corrected chi connectivity index (χ4v) is 3.02. The minimum absolute atomic E-state index is 0.0883. The maximum Gasteiger partial charge on any atom is 0.213 e. The van der Waals surface area contributed by atoms with Gasteiger partial charge in [0.15, 0.2) is 5.82 Å². The number of aryl methyl sites for hydroxylation is 1. The normalized spacial score (nSPS) is 16.1. The van der Waals surface area contributed by atoms with Crippen LogP contribution in [-0.4, -0.2) is 39.3 Å². The average Bonchev–Trinajstić information content (AvgIpc) is 3.23. The van der Waals surface area contributed by atoms with Crippen LogP contribution in [0.25, 0.3) is 11.4 Å². The van der Waals surface area contributed by atoms with E-state index >= 15 is 0 Å². The lowest BCUT2D eigenvalue weighted by atomic mass is 10.2. The minimum atomic E-state index is 0.0883. The molecule has 28 heavy (non-hydrogen) atoms. The van der Waals surface area contributed by atoms with Gasteiger partial charge in [0, 0.05) is 54.4 Å². The maximum absolute atomic E-state index is 5.89. The van der Waals surface area contributed by atoms with E-state index in [-0.39, 0.29) is 6.10 Å². The molecule has 1 fully saturated rings. The second-order valence-electron chi connectivity index (χ2n) is 6.80. The van der Waals surface area contributed by atoms with Gasteiger partial charge in [-0.25, -0.2) is 15.0 Å². The summed E-state index contributed by atoms with van der Waals surface area (Å²) in [6, 6.07) is 7.75. The highest BCUT2D eigenvalue weighted by Gasteiger charge is 2.17. The van der Waals surface area contributed by atoms with E-state index in [4.69, 9.17) is 14.5 Å². The largest absolute Gasteiger partial charge is 0.472 e. The average molecular weight is 377 g/mol. The standard InChI is InChI=1S/C21H23N5O2/c1-14-15(2)25-21(17-4-7-22-8-5-17)26-20(14)24-12-16-3-9-23-19(11-16)28-18-6-10-27-13-18/h3-5,7-9,11,18H,6,10,12-13H2,1-2H3,(H,24,25,26). The lowest BCUT2D eigenvalue weighted by Crippen LogP contribution is -2.16. The summed E-state index contributed by atoms with van der Waals surface area (Å²) in [6.45, 7) is 6.01. The Morgan fingerprint density at radius 3 is 2.79 bits per heavy atom. The Morgan fingerprint density at radius 2 is 2.00 bits per heavy atom. The van der Waals surface area contributed by atoms with Crippen LogP contribution in [0.4, 0.5) is 5.82 Å². The highest BCUT2D eigenvalue weighted by atomic mass is 16.5. The van der Waals surface area contributed by atoms with Crippen LogP contribution in [0.5, 0.6) is 5.88 Å². The Balaban J connectivity index is 1.49. The fraction of sp³-hybridized carbons (Fsp3) is 0.333. The molecule has 0 bridgehead atoms. The van der Waals surface area contributed by atoms with E-state index in [1.54, 1.807) is 18.6 Å². The number of hydrogen-bond donors (Lipinski definition) is 1. The third-order valence-electron chi connectivity index (χ3n) is 4.76. The zero-order chi connectivity index (χ0) is 19.3. The highest BCUT2D eigenvalue weighted by molar-refractivity contribution is 5.59. The first kappa shape index (κ1) is 18.3. The van der Waals surface area contributed by atoms with Crippen LogP contribution in [-0.2, 0) is 11.3 Å². The molecule has 0 saturated carbocycles. The molecule has 0 aromatic carbocycles. The Bertz CT molecular complexity index is 943. The summed E-state index contributed by atoms with van der Waals surface area (Å²) in [5, 5.41) is 3.43. The van der Waals surface area contributed by atoms with Gasteiger partial charge in [0.05, 0.1) is 13.2 Å². The monoisotopic (exact) mass is 377 g/mol. The van der Waals surface area contributed by atoms with Crippen molar-refractivity contribution < 1.29 is 9.47 Å². The van der Waals surface area contributed by atoms with Gasteiger partial charge in [0.2, 0.25) is 5.88 Å². The Morgan fingerprint density at radius 1 is 1.14 bits per heavy atom. The van der Waals surface area contributed by atoms with Crippen molar-refractivity contribution in [3.8, 4) is 17.3 Å². The van der Waals surface area contributed by atoms with Gasteiger partial charge in [0.25, 0.3) is 0 Å². The van der Waals surface area contributed by atoms with Crippen LogP contribution < -0.4 is 10.1 Å². The number of hydrogen-bond acceptors (Lipinski definition) is 7. The summed E-state index contributed by atoms with van der Waals surface area (Å²) in [5.74, 6) is 2.14. The summed E-state index contributed by atoms with van der Waals surface area (Å²) in [5.41, 5.74) is 4.00. The van der Waals surface area contributed by atoms with Crippen molar-refractivity contribution in [2.24, 2.45) is 0 Å². The zero-order valence-electron chi connectivity index (χ0n) is 16.1. The first-order valence-corrected chi connectivity index (χ1v) is 9.38. The van der Waals surface area contributed by atoms with Crippen molar-refractivity contribution in [1.82, 2.24) is 19.9 Å². The van der Waals surface area contributed by atoms with Crippen molar-refractivity contribution in [2.75, 3.05) is 18.5 Å². The van der Waals surface area contributed by atoms with Crippen molar-refractivity contribution in [3.63, 3.8) is 0 Å². The molecule has 1 aliphatic rings. The second-order valence-corrected chi connectivity index (χ2v) is 6.80. The maximum atomic E-state index is 5.89. The molecule has 144 valence electrons. The number of aromatic nitrogens is 4. The molecule has 0 amide bonds. The van der Waals surface area contributed by atoms with Crippen LogP contribution in [0.3, 0.4) is 0 Å². The van der Waals surface area contributed by atoms with Gasteiger partial charge in [-0.15, -0.1) is 0 Å². The fourth-order valence-electron chi connectivity index (χ4n) is 3.02. The topological polar surface area (TPSA) is 82.1 Å². The predicted molar refractivity (Wildman–Crippen MR) is 106 cm³/mol. The van der Waals surface area contributed by atoms with E-state index in [2.05, 4.69) is 20.3 Å². The molecule has 7 nitrogen and oxygen atoms in total. The first-order valence-electron chi connectivity index (χ1n) is 9.38. The molecule has 4 heterocycles. The van der Waals surface area contributed by atoms with E-state index in [0.717, 1.165) is 41.2 Å². The first-order chi connectivity index (χ1) is 13.7. The molecule has 0 aliphatic carbocycles. The van der Waals surface area contributed by atoms with Crippen molar-refractivity contribution in [3.05, 3.63) is 59.7 Å². The van der Waals surface area contributed by atoms with E-state index in [9.17, 15) is 0 Å².